The summed E-state index contributed by atoms with van der Waals surface area (Å²) in [5, 5.41) is 0. The van der Waals surface area contributed by atoms with Crippen molar-refractivity contribution in [2.24, 2.45) is 0 Å². The lowest BCUT2D eigenvalue weighted by Gasteiger charge is -2.20. The first-order valence-electron chi connectivity index (χ1n) is 5.48. The van der Waals surface area contributed by atoms with Crippen molar-refractivity contribution < 1.29 is 32.6 Å². The molecule has 0 aromatic carbocycles. The monoisotopic (exact) mass is 290 g/mol. The van der Waals surface area contributed by atoms with Crippen LogP contribution in [0, 0.1) is 0 Å². The Morgan fingerprint density at radius 1 is 1.06 bits per heavy atom. The van der Waals surface area contributed by atoms with E-state index >= 15 is 0 Å². The van der Waals surface area contributed by atoms with E-state index in [9.17, 15) is 9.13 Å². The third kappa shape index (κ3) is 9.92. The summed E-state index contributed by atoms with van der Waals surface area (Å²) in [4.78, 5) is 26.1. The van der Waals surface area contributed by atoms with Gasteiger partial charge < -0.3 is 14.7 Å². The molecule has 104 valence electrons. The fourth-order valence-electron chi connectivity index (χ4n) is 1.35. The highest BCUT2D eigenvalue weighted by atomic mass is 31.3. The zero-order valence-corrected chi connectivity index (χ0v) is 11.8. The normalized spacial score (nSPS) is 17.7. The van der Waals surface area contributed by atoms with Crippen LogP contribution >= 0.6 is 15.6 Å². The number of phosphoric ester groups is 1. The standard InChI is InChI=1S/C8H20O7P2/c1-3-5-7-8(6-4-2)14-17(12,13)15-16(9,10)11/h8H,3-7H2,1-2H3,(H,12,13)(H2,9,10,11). The molecule has 17 heavy (non-hydrogen) atoms. The second-order valence-corrected chi connectivity index (χ2v) is 6.48. The van der Waals surface area contributed by atoms with Crippen molar-refractivity contribution >= 4 is 15.6 Å². The summed E-state index contributed by atoms with van der Waals surface area (Å²) in [5.41, 5.74) is 0. The number of phosphoric acid groups is 2. The summed E-state index contributed by atoms with van der Waals surface area (Å²) in [5.74, 6) is 0. The van der Waals surface area contributed by atoms with Crippen LogP contribution in [0.1, 0.15) is 46.0 Å². The van der Waals surface area contributed by atoms with E-state index in [1.807, 2.05) is 13.8 Å². The molecule has 0 aromatic rings. The van der Waals surface area contributed by atoms with Crippen molar-refractivity contribution in [2.75, 3.05) is 0 Å². The van der Waals surface area contributed by atoms with Gasteiger partial charge in [0.05, 0.1) is 6.10 Å². The van der Waals surface area contributed by atoms with Gasteiger partial charge in [0.15, 0.2) is 0 Å². The van der Waals surface area contributed by atoms with Gasteiger partial charge in [0.1, 0.15) is 0 Å². The number of hydrogen-bond donors (Lipinski definition) is 3. The van der Waals surface area contributed by atoms with Crippen LogP contribution in [-0.2, 0) is 18.0 Å². The third-order valence-corrected chi connectivity index (χ3v) is 4.22. The maximum absolute atomic E-state index is 11.3. The van der Waals surface area contributed by atoms with Crippen LogP contribution in [0.3, 0.4) is 0 Å². The average molecular weight is 290 g/mol. The Balaban J connectivity index is 4.40. The molecule has 0 aromatic heterocycles. The van der Waals surface area contributed by atoms with Crippen LogP contribution in [0.15, 0.2) is 0 Å². The molecular formula is C8H20O7P2. The van der Waals surface area contributed by atoms with Gasteiger partial charge in [-0.15, -0.1) is 0 Å². The van der Waals surface area contributed by atoms with E-state index in [4.69, 9.17) is 19.2 Å². The second-order valence-electron chi connectivity index (χ2n) is 3.70. The van der Waals surface area contributed by atoms with E-state index < -0.39 is 21.7 Å². The first-order valence-corrected chi connectivity index (χ1v) is 8.51. The van der Waals surface area contributed by atoms with Crippen LogP contribution in [0.25, 0.3) is 0 Å². The predicted molar refractivity (Wildman–Crippen MR) is 62.3 cm³/mol. The highest BCUT2D eigenvalue weighted by Crippen LogP contribution is 2.58. The maximum Gasteiger partial charge on any atom is 0.481 e. The van der Waals surface area contributed by atoms with Crippen molar-refractivity contribution in [3.8, 4) is 0 Å². The van der Waals surface area contributed by atoms with Crippen molar-refractivity contribution in [1.82, 2.24) is 0 Å². The quantitative estimate of drug-likeness (QED) is 0.559. The Bertz CT molecular complexity index is 300. The molecule has 0 saturated heterocycles. The van der Waals surface area contributed by atoms with Gasteiger partial charge in [-0.1, -0.05) is 33.1 Å². The van der Waals surface area contributed by atoms with Crippen molar-refractivity contribution in [2.45, 2.75) is 52.1 Å². The lowest BCUT2D eigenvalue weighted by atomic mass is 10.1. The van der Waals surface area contributed by atoms with Gasteiger partial charge in [-0.3, -0.25) is 4.52 Å². The molecule has 3 N–H and O–H groups in total. The first kappa shape index (κ1) is 17.3. The summed E-state index contributed by atoms with van der Waals surface area (Å²) in [6.45, 7) is 3.85. The molecule has 0 spiro atoms. The van der Waals surface area contributed by atoms with E-state index in [-0.39, 0.29) is 0 Å². The van der Waals surface area contributed by atoms with E-state index in [1.165, 1.54) is 0 Å². The lowest BCUT2D eigenvalue weighted by Crippen LogP contribution is -2.11. The van der Waals surface area contributed by atoms with E-state index in [0.717, 1.165) is 19.3 Å². The van der Waals surface area contributed by atoms with Crippen LogP contribution in [-0.4, -0.2) is 20.8 Å². The Kier molecular flexibility index (Phi) is 7.76. The van der Waals surface area contributed by atoms with E-state index in [2.05, 4.69) is 4.31 Å². The van der Waals surface area contributed by atoms with Crippen LogP contribution in [0.4, 0.5) is 0 Å². The predicted octanol–water partition coefficient (Wildman–Crippen LogP) is 2.57. The summed E-state index contributed by atoms with van der Waals surface area (Å²) in [6, 6.07) is 0. The van der Waals surface area contributed by atoms with Gasteiger partial charge in [-0.2, -0.15) is 4.31 Å². The molecule has 2 unspecified atom stereocenters. The largest absolute Gasteiger partial charge is 0.481 e. The van der Waals surface area contributed by atoms with Crippen molar-refractivity contribution in [1.29, 1.82) is 0 Å². The molecule has 9 heteroatoms. The molecule has 0 fully saturated rings. The zero-order valence-electron chi connectivity index (χ0n) is 9.98. The fourth-order valence-corrected chi connectivity index (χ4v) is 3.16. The molecule has 2 atom stereocenters. The van der Waals surface area contributed by atoms with Crippen molar-refractivity contribution in [3.63, 3.8) is 0 Å². The minimum Gasteiger partial charge on any atom is -0.302 e. The molecule has 0 aliphatic heterocycles. The van der Waals surface area contributed by atoms with Gasteiger partial charge in [-0.25, -0.2) is 9.13 Å². The SMILES string of the molecule is CCCCC(CCC)OP(=O)(O)OP(=O)(O)O. The van der Waals surface area contributed by atoms with Gasteiger partial charge in [-0.05, 0) is 12.8 Å². The summed E-state index contributed by atoms with van der Waals surface area (Å²) in [7, 11) is -9.73. The minimum atomic E-state index is -5.03. The second kappa shape index (κ2) is 7.64. The average Bonchev–Trinajstić information content (AvgIpc) is 2.09. The van der Waals surface area contributed by atoms with Crippen LogP contribution < -0.4 is 0 Å². The molecule has 0 saturated carbocycles. The molecular weight excluding hydrogens is 270 g/mol. The van der Waals surface area contributed by atoms with Crippen LogP contribution in [0.5, 0.6) is 0 Å². The van der Waals surface area contributed by atoms with E-state index in [0.29, 0.717) is 12.8 Å². The van der Waals surface area contributed by atoms with Gasteiger partial charge in [0, 0.05) is 0 Å². The Hall–Kier alpha value is 0.260. The third-order valence-electron chi connectivity index (χ3n) is 1.98. The van der Waals surface area contributed by atoms with Gasteiger partial charge in [0.2, 0.25) is 0 Å². The molecule has 0 amide bonds. The Morgan fingerprint density at radius 2 is 1.65 bits per heavy atom. The molecule has 0 aliphatic carbocycles. The Morgan fingerprint density at radius 3 is 2.06 bits per heavy atom. The molecule has 0 bridgehead atoms. The molecule has 0 radical (unpaired) electrons. The lowest BCUT2D eigenvalue weighted by molar-refractivity contribution is 0.113. The minimum absolute atomic E-state index is 0.526. The molecule has 0 rings (SSSR count). The highest BCUT2D eigenvalue weighted by molar-refractivity contribution is 7.60. The topological polar surface area (TPSA) is 113 Å². The number of unbranched alkanes of at least 4 members (excludes halogenated alkanes) is 1. The summed E-state index contributed by atoms with van der Waals surface area (Å²) < 4.78 is 30.2. The first-order chi connectivity index (χ1) is 7.70. The van der Waals surface area contributed by atoms with Gasteiger partial charge >= 0.3 is 15.6 Å². The smallest absolute Gasteiger partial charge is 0.302 e. The van der Waals surface area contributed by atoms with E-state index in [1.54, 1.807) is 0 Å². The zero-order chi connectivity index (χ0) is 13.5. The summed E-state index contributed by atoms with van der Waals surface area (Å²) >= 11 is 0. The maximum atomic E-state index is 11.3. The molecule has 0 heterocycles. The Labute approximate surface area is 101 Å². The molecule has 7 nitrogen and oxygen atoms in total. The number of hydrogen-bond acceptors (Lipinski definition) is 4. The summed E-state index contributed by atoms with van der Waals surface area (Å²) in [6.07, 6.45) is 3.01. The van der Waals surface area contributed by atoms with Gasteiger partial charge in [0.25, 0.3) is 0 Å². The number of rotatable bonds is 9. The fraction of sp³-hybridized carbons (Fsp3) is 1.00. The molecule has 0 aliphatic rings. The van der Waals surface area contributed by atoms with Crippen molar-refractivity contribution in [3.05, 3.63) is 0 Å². The highest BCUT2D eigenvalue weighted by Gasteiger charge is 2.34. The van der Waals surface area contributed by atoms with Crippen LogP contribution in [0.2, 0.25) is 0 Å².